The van der Waals surface area contributed by atoms with E-state index in [4.69, 9.17) is 0 Å². The Labute approximate surface area is 123 Å². The summed E-state index contributed by atoms with van der Waals surface area (Å²) in [5, 5.41) is 13.5. The molecule has 1 fully saturated rings. The average Bonchev–Trinajstić information content (AvgIpc) is 2.94. The van der Waals surface area contributed by atoms with Gasteiger partial charge in [0.05, 0.1) is 6.07 Å². The molecule has 7 heteroatoms. The summed E-state index contributed by atoms with van der Waals surface area (Å²) < 4.78 is 1.78. The molecule has 0 aromatic carbocycles. The molecular formula is C14H19N7. The highest BCUT2D eigenvalue weighted by molar-refractivity contribution is 5.47. The van der Waals surface area contributed by atoms with E-state index >= 15 is 0 Å². The summed E-state index contributed by atoms with van der Waals surface area (Å²) in [5.74, 6) is 1.65. The van der Waals surface area contributed by atoms with E-state index < -0.39 is 5.54 Å². The molecule has 2 aromatic heterocycles. The Hall–Kier alpha value is -2.20. The van der Waals surface area contributed by atoms with E-state index in [2.05, 4.69) is 30.9 Å². The fourth-order valence-corrected chi connectivity index (χ4v) is 2.70. The van der Waals surface area contributed by atoms with Gasteiger partial charge < -0.3 is 4.90 Å². The number of anilines is 1. The molecule has 0 spiro atoms. The van der Waals surface area contributed by atoms with Crippen LogP contribution in [0.15, 0.2) is 12.4 Å². The zero-order valence-electron chi connectivity index (χ0n) is 12.6. The summed E-state index contributed by atoms with van der Waals surface area (Å²) in [6.07, 6.45) is 1.53. The molecule has 0 radical (unpaired) electrons. The van der Waals surface area contributed by atoms with Crippen LogP contribution in [0.1, 0.15) is 19.5 Å². The van der Waals surface area contributed by atoms with E-state index in [0.717, 1.165) is 37.7 Å². The summed E-state index contributed by atoms with van der Waals surface area (Å²) in [4.78, 5) is 13.0. The van der Waals surface area contributed by atoms with Crippen molar-refractivity contribution in [2.24, 2.45) is 0 Å². The highest BCUT2D eigenvalue weighted by Gasteiger charge is 2.30. The minimum atomic E-state index is -0.414. The van der Waals surface area contributed by atoms with Gasteiger partial charge in [0.1, 0.15) is 17.7 Å². The summed E-state index contributed by atoms with van der Waals surface area (Å²) in [6.45, 7) is 9.35. The number of nitriles is 1. The van der Waals surface area contributed by atoms with Gasteiger partial charge >= 0.3 is 0 Å². The van der Waals surface area contributed by atoms with Gasteiger partial charge in [0, 0.05) is 37.9 Å². The van der Waals surface area contributed by atoms with Crippen molar-refractivity contribution in [3.63, 3.8) is 0 Å². The summed E-state index contributed by atoms with van der Waals surface area (Å²) >= 11 is 0. The number of aryl methyl sites for hydroxylation is 1. The van der Waals surface area contributed by atoms with Crippen LogP contribution in [0.2, 0.25) is 0 Å². The van der Waals surface area contributed by atoms with Gasteiger partial charge in [-0.15, -0.1) is 0 Å². The first-order chi connectivity index (χ1) is 10.0. The molecule has 21 heavy (non-hydrogen) atoms. The Balaban J connectivity index is 1.83. The van der Waals surface area contributed by atoms with Crippen LogP contribution in [-0.4, -0.2) is 56.2 Å². The number of rotatable bonds is 2. The monoisotopic (exact) mass is 285 g/mol. The smallest absolute Gasteiger partial charge is 0.254 e. The summed E-state index contributed by atoms with van der Waals surface area (Å²) in [7, 11) is 0. The highest BCUT2D eigenvalue weighted by atomic mass is 15.4. The van der Waals surface area contributed by atoms with Crippen molar-refractivity contribution in [3.05, 3.63) is 18.1 Å². The first kappa shape index (κ1) is 13.8. The van der Waals surface area contributed by atoms with E-state index in [1.807, 2.05) is 26.8 Å². The standard InChI is InChI=1S/C14H19N7/c1-11-8-12(21-13(18-11)16-10-17-21)19-4-6-20(7-5-19)14(2,3)9-15/h8,10H,4-7H2,1-3H3. The number of nitrogens with zero attached hydrogens (tertiary/aromatic N) is 7. The van der Waals surface area contributed by atoms with E-state index in [0.29, 0.717) is 5.78 Å². The van der Waals surface area contributed by atoms with Gasteiger partial charge in [-0.05, 0) is 20.8 Å². The van der Waals surface area contributed by atoms with E-state index in [1.165, 1.54) is 6.33 Å². The minimum absolute atomic E-state index is 0.414. The van der Waals surface area contributed by atoms with Crippen molar-refractivity contribution < 1.29 is 0 Å². The Bertz CT molecular complexity index is 689. The fourth-order valence-electron chi connectivity index (χ4n) is 2.70. The first-order valence-electron chi connectivity index (χ1n) is 7.10. The van der Waals surface area contributed by atoms with Gasteiger partial charge in [0.2, 0.25) is 0 Å². The largest absolute Gasteiger partial charge is 0.354 e. The third kappa shape index (κ3) is 2.43. The minimum Gasteiger partial charge on any atom is -0.354 e. The molecule has 3 heterocycles. The van der Waals surface area contributed by atoms with Gasteiger partial charge in [0.15, 0.2) is 0 Å². The molecule has 3 rings (SSSR count). The molecule has 0 bridgehead atoms. The van der Waals surface area contributed by atoms with Crippen LogP contribution in [0.25, 0.3) is 5.78 Å². The molecule has 0 atom stereocenters. The van der Waals surface area contributed by atoms with E-state index in [-0.39, 0.29) is 0 Å². The molecular weight excluding hydrogens is 266 g/mol. The lowest BCUT2D eigenvalue weighted by Gasteiger charge is -2.41. The predicted octanol–water partition coefficient (Wildman–Crippen LogP) is 0.857. The highest BCUT2D eigenvalue weighted by Crippen LogP contribution is 2.21. The Morgan fingerprint density at radius 3 is 2.62 bits per heavy atom. The predicted molar refractivity (Wildman–Crippen MR) is 79.0 cm³/mol. The van der Waals surface area contributed by atoms with Crippen LogP contribution in [0.4, 0.5) is 5.82 Å². The second kappa shape index (κ2) is 4.97. The van der Waals surface area contributed by atoms with Gasteiger partial charge in [0.25, 0.3) is 5.78 Å². The normalized spacial score (nSPS) is 17.1. The van der Waals surface area contributed by atoms with Crippen LogP contribution in [0.5, 0.6) is 0 Å². The van der Waals surface area contributed by atoms with Gasteiger partial charge in [-0.3, -0.25) is 4.90 Å². The number of aromatic nitrogens is 4. The average molecular weight is 285 g/mol. The van der Waals surface area contributed by atoms with Crippen molar-refractivity contribution in [2.45, 2.75) is 26.3 Å². The molecule has 1 aliphatic rings. The molecule has 0 amide bonds. The molecule has 1 saturated heterocycles. The number of piperazine rings is 1. The zero-order chi connectivity index (χ0) is 15.0. The SMILES string of the molecule is Cc1cc(N2CCN(C(C)(C)C#N)CC2)n2ncnc2n1. The maximum Gasteiger partial charge on any atom is 0.254 e. The topological polar surface area (TPSA) is 73.3 Å². The van der Waals surface area contributed by atoms with Gasteiger partial charge in [-0.2, -0.15) is 19.9 Å². The molecule has 110 valence electrons. The lowest BCUT2D eigenvalue weighted by Crippen LogP contribution is -2.54. The van der Waals surface area contributed by atoms with Gasteiger partial charge in [-0.1, -0.05) is 0 Å². The molecule has 7 nitrogen and oxygen atoms in total. The van der Waals surface area contributed by atoms with Crippen LogP contribution in [-0.2, 0) is 0 Å². The van der Waals surface area contributed by atoms with Crippen LogP contribution < -0.4 is 4.90 Å². The quantitative estimate of drug-likeness (QED) is 0.814. The Kier molecular flexibility index (Phi) is 3.26. The van der Waals surface area contributed by atoms with Crippen molar-refractivity contribution in [1.29, 1.82) is 5.26 Å². The van der Waals surface area contributed by atoms with Crippen molar-refractivity contribution >= 4 is 11.6 Å². The van der Waals surface area contributed by atoms with Crippen LogP contribution >= 0.6 is 0 Å². The third-order valence-electron chi connectivity index (χ3n) is 4.03. The van der Waals surface area contributed by atoms with Crippen molar-refractivity contribution in [3.8, 4) is 6.07 Å². The van der Waals surface area contributed by atoms with Crippen LogP contribution in [0.3, 0.4) is 0 Å². The molecule has 0 N–H and O–H groups in total. The number of fused-ring (bicyclic) bond motifs is 1. The lowest BCUT2D eigenvalue weighted by atomic mass is 10.0. The van der Waals surface area contributed by atoms with Crippen molar-refractivity contribution in [2.75, 3.05) is 31.1 Å². The first-order valence-corrected chi connectivity index (χ1v) is 7.10. The zero-order valence-corrected chi connectivity index (χ0v) is 12.6. The van der Waals surface area contributed by atoms with E-state index in [1.54, 1.807) is 4.52 Å². The van der Waals surface area contributed by atoms with Crippen molar-refractivity contribution in [1.82, 2.24) is 24.5 Å². The molecule has 1 aliphatic heterocycles. The molecule has 2 aromatic rings. The van der Waals surface area contributed by atoms with E-state index in [9.17, 15) is 5.26 Å². The molecule has 0 aliphatic carbocycles. The number of hydrogen-bond acceptors (Lipinski definition) is 6. The summed E-state index contributed by atoms with van der Waals surface area (Å²) in [6, 6.07) is 4.40. The van der Waals surface area contributed by atoms with Crippen LogP contribution in [0, 0.1) is 18.3 Å². The third-order valence-corrected chi connectivity index (χ3v) is 4.03. The lowest BCUT2D eigenvalue weighted by molar-refractivity contribution is 0.157. The second-order valence-corrected chi connectivity index (χ2v) is 5.87. The molecule has 0 saturated carbocycles. The number of hydrogen-bond donors (Lipinski definition) is 0. The maximum atomic E-state index is 9.24. The van der Waals surface area contributed by atoms with Gasteiger partial charge in [-0.25, -0.2) is 4.98 Å². The fraction of sp³-hybridized carbons (Fsp3) is 0.571. The Morgan fingerprint density at radius 2 is 1.95 bits per heavy atom. The maximum absolute atomic E-state index is 9.24. The second-order valence-electron chi connectivity index (χ2n) is 5.87. The Morgan fingerprint density at radius 1 is 1.24 bits per heavy atom. The molecule has 0 unspecified atom stereocenters. The summed E-state index contributed by atoms with van der Waals surface area (Å²) in [5.41, 5.74) is 0.522.